The summed E-state index contributed by atoms with van der Waals surface area (Å²) in [5.74, 6) is 0. The molecule has 1 aromatic carbocycles. The van der Waals surface area contributed by atoms with E-state index in [0.29, 0.717) is 0 Å². The second kappa shape index (κ2) is 4.29. The predicted molar refractivity (Wildman–Crippen MR) is 66.2 cm³/mol. The second-order valence-electron chi connectivity index (χ2n) is 4.27. The summed E-state index contributed by atoms with van der Waals surface area (Å²) in [5.41, 5.74) is 2.16. The number of nitrogens with two attached hydrogens (primary N) is 1. The van der Waals surface area contributed by atoms with Gasteiger partial charge < -0.3 is 10.1 Å². The number of halogens is 1. The van der Waals surface area contributed by atoms with E-state index in [1.807, 2.05) is 25.2 Å². The topological polar surface area (TPSA) is 43.7 Å². The number of nitrogens with zero attached hydrogens (tertiary/aromatic N) is 2. The van der Waals surface area contributed by atoms with Gasteiger partial charge in [-0.1, -0.05) is 11.6 Å². The van der Waals surface area contributed by atoms with Gasteiger partial charge in [0.2, 0.25) is 0 Å². The molecule has 3 rings (SSSR count). The molecular weight excluding hydrogens is 238 g/mol. The molecule has 0 aliphatic carbocycles. The first-order valence-electron chi connectivity index (χ1n) is 5.85. The Labute approximate surface area is 105 Å². The highest BCUT2D eigenvalue weighted by atomic mass is 35.5. The average molecular weight is 253 g/mol. The van der Waals surface area contributed by atoms with Gasteiger partial charge in [-0.3, -0.25) is 4.68 Å². The first kappa shape index (κ1) is 11.0. The molecule has 0 amide bonds. The molecule has 2 N–H and O–H groups in total. The summed E-state index contributed by atoms with van der Waals surface area (Å²) in [5, 5.41) is 8.58. The second-order valence-corrected chi connectivity index (χ2v) is 4.71. The number of benzene rings is 1. The molecule has 2 aromatic rings. The molecule has 90 valence electrons. The molecule has 1 unspecified atom stereocenters. The van der Waals surface area contributed by atoms with Crippen LogP contribution in [0.2, 0.25) is 5.02 Å². The number of likely N-dealkylation sites (N-methyl/N-ethyl adjacent to an activating group) is 1. The zero-order valence-electron chi connectivity index (χ0n) is 9.69. The largest absolute Gasteiger partial charge is 0.364 e. The zero-order valence-corrected chi connectivity index (χ0v) is 10.4. The van der Waals surface area contributed by atoms with E-state index in [4.69, 9.17) is 16.3 Å². The lowest BCUT2D eigenvalue weighted by molar-refractivity contribution is -0.635. The minimum Gasteiger partial charge on any atom is -0.364 e. The smallest absolute Gasteiger partial charge is 0.148 e. The normalized spacial score (nSPS) is 19.5. The molecule has 1 aliphatic rings. The zero-order chi connectivity index (χ0) is 11.8. The molecule has 0 spiro atoms. The van der Waals surface area contributed by atoms with E-state index in [9.17, 15) is 0 Å². The Morgan fingerprint density at radius 2 is 2.47 bits per heavy atom. The van der Waals surface area contributed by atoms with Crippen LogP contribution in [0.15, 0.2) is 18.2 Å². The van der Waals surface area contributed by atoms with Gasteiger partial charge in [0.15, 0.2) is 0 Å². The summed E-state index contributed by atoms with van der Waals surface area (Å²) < 4.78 is 7.87. The lowest BCUT2D eigenvalue weighted by Crippen LogP contribution is -2.81. The molecule has 2 heterocycles. The minimum atomic E-state index is 0.109. The quantitative estimate of drug-likeness (QED) is 0.865. The number of rotatable bonds is 2. The number of fused-ring (bicyclic) bond motifs is 3. The summed E-state index contributed by atoms with van der Waals surface area (Å²) >= 11 is 6.06. The van der Waals surface area contributed by atoms with Crippen LogP contribution >= 0.6 is 11.6 Å². The summed E-state index contributed by atoms with van der Waals surface area (Å²) in [4.78, 5) is 0. The van der Waals surface area contributed by atoms with Crippen LogP contribution in [0.1, 0.15) is 11.8 Å². The minimum absolute atomic E-state index is 0.109. The van der Waals surface area contributed by atoms with Crippen molar-refractivity contribution < 1.29 is 10.1 Å². The number of aromatic nitrogens is 2. The molecule has 17 heavy (non-hydrogen) atoms. The van der Waals surface area contributed by atoms with E-state index in [1.165, 1.54) is 0 Å². The fraction of sp³-hybridized carbons (Fsp3) is 0.417. The number of hydrogen-bond acceptors (Lipinski definition) is 2. The fourth-order valence-electron chi connectivity index (χ4n) is 2.39. The monoisotopic (exact) mass is 252 g/mol. The average Bonchev–Trinajstić information content (AvgIpc) is 2.68. The molecule has 1 aliphatic heterocycles. The van der Waals surface area contributed by atoms with Gasteiger partial charge in [-0.15, -0.1) is 0 Å². The van der Waals surface area contributed by atoms with Crippen LogP contribution in [0.4, 0.5) is 0 Å². The van der Waals surface area contributed by atoms with Crippen LogP contribution in [0, 0.1) is 0 Å². The highest BCUT2D eigenvalue weighted by Crippen LogP contribution is 2.30. The Morgan fingerprint density at radius 1 is 1.59 bits per heavy atom. The van der Waals surface area contributed by atoms with E-state index in [0.717, 1.165) is 41.3 Å². The summed E-state index contributed by atoms with van der Waals surface area (Å²) in [7, 11) is 2.05. The summed E-state index contributed by atoms with van der Waals surface area (Å²) in [6.45, 7) is 2.46. The molecule has 0 saturated carbocycles. The lowest BCUT2D eigenvalue weighted by Gasteiger charge is -2.23. The molecule has 4 nitrogen and oxygen atoms in total. The molecule has 1 atom stereocenters. The van der Waals surface area contributed by atoms with Crippen LogP contribution in [0.5, 0.6) is 0 Å². The Bertz CT molecular complexity index is 552. The third-order valence-electron chi connectivity index (χ3n) is 3.12. The molecule has 0 fully saturated rings. The first-order valence-corrected chi connectivity index (χ1v) is 6.23. The standard InChI is InChI=1S/C12H14ClN3O/c1-14-7-11-12-9-6-8(13)2-3-10(9)15-16(12)4-5-17-11/h2-3,6,11,14H,4-5,7H2,1H3/p+1. The van der Waals surface area contributed by atoms with Crippen LogP contribution in [-0.4, -0.2) is 30.0 Å². The number of quaternary nitrogens is 1. The van der Waals surface area contributed by atoms with E-state index < -0.39 is 0 Å². The van der Waals surface area contributed by atoms with Gasteiger partial charge in [-0.2, -0.15) is 5.10 Å². The Hall–Kier alpha value is -1.10. The Kier molecular flexibility index (Phi) is 2.78. The predicted octanol–water partition coefficient (Wildman–Crippen LogP) is 0.954. The van der Waals surface area contributed by atoms with Crippen molar-refractivity contribution in [2.75, 3.05) is 20.2 Å². The maximum Gasteiger partial charge on any atom is 0.148 e. The van der Waals surface area contributed by atoms with E-state index in [1.54, 1.807) is 0 Å². The Balaban J connectivity index is 2.18. The summed E-state index contributed by atoms with van der Waals surface area (Å²) in [6, 6.07) is 5.83. The van der Waals surface area contributed by atoms with Crippen molar-refractivity contribution in [1.82, 2.24) is 9.78 Å². The van der Waals surface area contributed by atoms with E-state index in [-0.39, 0.29) is 6.10 Å². The van der Waals surface area contributed by atoms with Crippen molar-refractivity contribution in [3.05, 3.63) is 28.9 Å². The van der Waals surface area contributed by atoms with Gasteiger partial charge in [-0.25, -0.2) is 0 Å². The SMILES string of the molecule is C[NH2+]CC1OCCn2nc3ccc(Cl)cc3c21. The van der Waals surface area contributed by atoms with Gasteiger partial charge in [0, 0.05) is 10.4 Å². The van der Waals surface area contributed by atoms with Crippen molar-refractivity contribution in [3.63, 3.8) is 0 Å². The van der Waals surface area contributed by atoms with Crippen molar-refractivity contribution in [2.24, 2.45) is 0 Å². The fourth-order valence-corrected chi connectivity index (χ4v) is 2.56. The Morgan fingerprint density at radius 3 is 3.29 bits per heavy atom. The van der Waals surface area contributed by atoms with Gasteiger partial charge in [-0.05, 0) is 18.2 Å². The van der Waals surface area contributed by atoms with Crippen molar-refractivity contribution >= 4 is 22.5 Å². The van der Waals surface area contributed by atoms with Crippen LogP contribution in [0.25, 0.3) is 10.9 Å². The van der Waals surface area contributed by atoms with Crippen molar-refractivity contribution in [1.29, 1.82) is 0 Å². The van der Waals surface area contributed by atoms with Crippen LogP contribution in [-0.2, 0) is 11.3 Å². The lowest BCUT2D eigenvalue weighted by atomic mass is 10.1. The highest BCUT2D eigenvalue weighted by Gasteiger charge is 2.26. The van der Waals surface area contributed by atoms with Gasteiger partial charge in [0.25, 0.3) is 0 Å². The number of ether oxygens (including phenoxy) is 1. The highest BCUT2D eigenvalue weighted by molar-refractivity contribution is 6.31. The molecule has 0 saturated heterocycles. The summed E-state index contributed by atoms with van der Waals surface area (Å²) in [6.07, 6.45) is 0.109. The van der Waals surface area contributed by atoms with Gasteiger partial charge >= 0.3 is 0 Å². The number of hydrogen-bond donors (Lipinski definition) is 1. The molecular formula is C12H15ClN3O+. The van der Waals surface area contributed by atoms with Crippen molar-refractivity contribution in [2.45, 2.75) is 12.6 Å². The van der Waals surface area contributed by atoms with E-state index in [2.05, 4.69) is 15.1 Å². The van der Waals surface area contributed by atoms with E-state index >= 15 is 0 Å². The third-order valence-corrected chi connectivity index (χ3v) is 3.35. The molecule has 1 aromatic heterocycles. The molecule has 5 heteroatoms. The van der Waals surface area contributed by atoms with Crippen LogP contribution in [0.3, 0.4) is 0 Å². The van der Waals surface area contributed by atoms with Crippen molar-refractivity contribution in [3.8, 4) is 0 Å². The molecule has 0 bridgehead atoms. The maximum absolute atomic E-state index is 6.06. The first-order chi connectivity index (χ1) is 8.29. The van der Waals surface area contributed by atoms with Gasteiger partial charge in [0.1, 0.15) is 12.6 Å². The molecule has 0 radical (unpaired) electrons. The van der Waals surface area contributed by atoms with Gasteiger partial charge in [0.05, 0.1) is 31.4 Å². The third kappa shape index (κ3) is 1.82. The maximum atomic E-state index is 6.06. The van der Waals surface area contributed by atoms with Crippen LogP contribution < -0.4 is 5.32 Å².